The minimum atomic E-state index is 0.149. The van der Waals surface area contributed by atoms with E-state index in [0.29, 0.717) is 18.6 Å². The molecule has 1 unspecified atom stereocenters. The number of hydrogen-bond donors (Lipinski definition) is 1. The lowest BCUT2D eigenvalue weighted by molar-refractivity contribution is -0.120. The van der Waals surface area contributed by atoms with E-state index >= 15 is 0 Å². The molecule has 0 aliphatic carbocycles. The monoisotopic (exact) mass is 186 g/mol. The first-order chi connectivity index (χ1) is 6.24. The molecule has 0 spiro atoms. The smallest absolute Gasteiger partial charge is 0.133 e. The second kappa shape index (κ2) is 8.24. The summed E-state index contributed by atoms with van der Waals surface area (Å²) in [5.74, 6) is 0.503. The van der Waals surface area contributed by atoms with Gasteiger partial charge in [-0.05, 0) is 12.3 Å². The van der Waals surface area contributed by atoms with Crippen molar-refractivity contribution in [2.75, 3.05) is 6.61 Å². The molecular formula is C11H22O2. The van der Waals surface area contributed by atoms with Gasteiger partial charge in [-0.25, -0.2) is 0 Å². The van der Waals surface area contributed by atoms with Crippen LogP contribution in [0, 0.1) is 5.92 Å². The number of Topliss-reactive ketones (excluding diaryl/α,β-unsaturated/α-hetero) is 1. The Bertz CT molecular complexity index is 128. The van der Waals surface area contributed by atoms with Gasteiger partial charge in [-0.2, -0.15) is 0 Å². The fourth-order valence-electron chi connectivity index (χ4n) is 1.33. The molecule has 0 heterocycles. The lowest BCUT2D eigenvalue weighted by atomic mass is 9.98. The van der Waals surface area contributed by atoms with Crippen LogP contribution in [0.1, 0.15) is 52.4 Å². The van der Waals surface area contributed by atoms with Crippen molar-refractivity contribution in [2.24, 2.45) is 5.92 Å². The van der Waals surface area contributed by atoms with E-state index in [-0.39, 0.29) is 12.5 Å². The van der Waals surface area contributed by atoms with Gasteiger partial charge >= 0.3 is 0 Å². The lowest BCUT2D eigenvalue weighted by Gasteiger charge is -2.09. The number of unbranched alkanes of at least 4 members (excludes halogenated alkanes) is 2. The molecule has 2 heteroatoms. The third-order valence-electron chi connectivity index (χ3n) is 2.41. The number of rotatable bonds is 8. The van der Waals surface area contributed by atoms with Crippen LogP contribution in [0.5, 0.6) is 0 Å². The van der Waals surface area contributed by atoms with Crippen molar-refractivity contribution < 1.29 is 9.90 Å². The van der Waals surface area contributed by atoms with Gasteiger partial charge < -0.3 is 5.11 Å². The number of aliphatic hydroxyl groups excluding tert-OH is 1. The van der Waals surface area contributed by atoms with Gasteiger partial charge in [0.15, 0.2) is 0 Å². The van der Waals surface area contributed by atoms with Crippen molar-refractivity contribution in [3.05, 3.63) is 0 Å². The molecule has 0 saturated carbocycles. The molecule has 0 saturated heterocycles. The molecule has 0 aliphatic rings. The maximum Gasteiger partial charge on any atom is 0.133 e. The van der Waals surface area contributed by atoms with Gasteiger partial charge in [-0.1, -0.05) is 33.1 Å². The minimum Gasteiger partial charge on any atom is -0.396 e. The van der Waals surface area contributed by atoms with E-state index in [1.54, 1.807) is 0 Å². The predicted octanol–water partition coefficient (Wildman–Crippen LogP) is 2.54. The zero-order chi connectivity index (χ0) is 10.1. The van der Waals surface area contributed by atoms with Crippen LogP contribution in [0.15, 0.2) is 0 Å². The van der Waals surface area contributed by atoms with Crippen molar-refractivity contribution in [2.45, 2.75) is 52.4 Å². The summed E-state index contributed by atoms with van der Waals surface area (Å²) in [5, 5.41) is 8.89. The van der Waals surface area contributed by atoms with Gasteiger partial charge in [0.2, 0.25) is 0 Å². The summed E-state index contributed by atoms with van der Waals surface area (Å²) in [6.45, 7) is 4.29. The Morgan fingerprint density at radius 1 is 1.31 bits per heavy atom. The Labute approximate surface area is 81.3 Å². The van der Waals surface area contributed by atoms with Crippen LogP contribution < -0.4 is 0 Å². The first-order valence-corrected chi connectivity index (χ1v) is 5.37. The minimum absolute atomic E-state index is 0.149. The van der Waals surface area contributed by atoms with Crippen LogP contribution in [0.4, 0.5) is 0 Å². The zero-order valence-electron chi connectivity index (χ0n) is 8.88. The van der Waals surface area contributed by atoms with Gasteiger partial charge in [0.1, 0.15) is 5.78 Å². The molecule has 13 heavy (non-hydrogen) atoms. The van der Waals surface area contributed by atoms with Crippen LogP contribution in [0.2, 0.25) is 0 Å². The first kappa shape index (κ1) is 12.6. The SMILES string of the molecule is CCCCCC(=O)CC(CC)CO. The summed E-state index contributed by atoms with van der Waals surface area (Å²) in [5.41, 5.74) is 0. The van der Waals surface area contributed by atoms with Crippen LogP contribution in [0.3, 0.4) is 0 Å². The van der Waals surface area contributed by atoms with Crippen molar-refractivity contribution in [1.29, 1.82) is 0 Å². The second-order valence-corrected chi connectivity index (χ2v) is 3.66. The molecule has 0 aromatic rings. The molecule has 2 nitrogen and oxygen atoms in total. The molecular weight excluding hydrogens is 164 g/mol. The summed E-state index contributed by atoms with van der Waals surface area (Å²) < 4.78 is 0. The molecule has 0 radical (unpaired) electrons. The summed E-state index contributed by atoms with van der Waals surface area (Å²) >= 11 is 0. The Kier molecular flexibility index (Phi) is 8.00. The zero-order valence-corrected chi connectivity index (χ0v) is 8.88. The maximum absolute atomic E-state index is 11.3. The van der Waals surface area contributed by atoms with Gasteiger partial charge in [0.05, 0.1) is 0 Å². The number of ketones is 1. The maximum atomic E-state index is 11.3. The Hall–Kier alpha value is -0.370. The van der Waals surface area contributed by atoms with E-state index in [1.165, 1.54) is 0 Å². The van der Waals surface area contributed by atoms with Crippen LogP contribution in [-0.2, 0) is 4.79 Å². The summed E-state index contributed by atoms with van der Waals surface area (Å²) in [4.78, 5) is 11.3. The van der Waals surface area contributed by atoms with Gasteiger partial charge in [-0.3, -0.25) is 4.79 Å². The summed E-state index contributed by atoms with van der Waals surface area (Å²) in [6.07, 6.45) is 5.47. The standard InChI is InChI=1S/C11H22O2/c1-3-5-6-7-11(13)8-10(4-2)9-12/h10,12H,3-9H2,1-2H3. The number of hydrogen-bond acceptors (Lipinski definition) is 2. The molecule has 1 atom stereocenters. The van der Waals surface area contributed by atoms with E-state index in [2.05, 4.69) is 6.92 Å². The topological polar surface area (TPSA) is 37.3 Å². The van der Waals surface area contributed by atoms with Gasteiger partial charge in [0.25, 0.3) is 0 Å². The molecule has 0 aromatic heterocycles. The second-order valence-electron chi connectivity index (χ2n) is 3.66. The van der Waals surface area contributed by atoms with E-state index in [0.717, 1.165) is 25.7 Å². The quantitative estimate of drug-likeness (QED) is 0.591. The van der Waals surface area contributed by atoms with Crippen molar-refractivity contribution in [3.63, 3.8) is 0 Å². The molecule has 1 N–H and O–H groups in total. The lowest BCUT2D eigenvalue weighted by Crippen LogP contribution is -2.11. The van der Waals surface area contributed by atoms with Crippen LogP contribution in [0.25, 0.3) is 0 Å². The fraction of sp³-hybridized carbons (Fsp3) is 0.909. The fourth-order valence-corrected chi connectivity index (χ4v) is 1.33. The summed E-state index contributed by atoms with van der Waals surface area (Å²) in [6, 6.07) is 0. The summed E-state index contributed by atoms with van der Waals surface area (Å²) in [7, 11) is 0. The van der Waals surface area contributed by atoms with E-state index < -0.39 is 0 Å². The van der Waals surface area contributed by atoms with Crippen LogP contribution in [-0.4, -0.2) is 17.5 Å². The van der Waals surface area contributed by atoms with E-state index in [9.17, 15) is 4.79 Å². The largest absolute Gasteiger partial charge is 0.396 e. The molecule has 0 rings (SSSR count). The van der Waals surface area contributed by atoms with E-state index in [1.807, 2.05) is 6.92 Å². The average Bonchev–Trinajstić information content (AvgIpc) is 2.14. The molecule has 0 amide bonds. The van der Waals surface area contributed by atoms with Crippen molar-refractivity contribution >= 4 is 5.78 Å². The number of carbonyl (C=O) groups is 1. The third-order valence-corrected chi connectivity index (χ3v) is 2.41. The predicted molar refractivity (Wildman–Crippen MR) is 54.6 cm³/mol. The first-order valence-electron chi connectivity index (χ1n) is 5.37. The van der Waals surface area contributed by atoms with E-state index in [4.69, 9.17) is 5.11 Å². The highest BCUT2D eigenvalue weighted by Gasteiger charge is 2.10. The van der Waals surface area contributed by atoms with Crippen molar-refractivity contribution in [3.8, 4) is 0 Å². The van der Waals surface area contributed by atoms with Gasteiger partial charge in [0, 0.05) is 19.4 Å². The Morgan fingerprint density at radius 3 is 2.46 bits per heavy atom. The van der Waals surface area contributed by atoms with Crippen LogP contribution >= 0.6 is 0 Å². The number of carbonyl (C=O) groups excluding carboxylic acids is 1. The highest BCUT2D eigenvalue weighted by molar-refractivity contribution is 5.78. The normalized spacial score (nSPS) is 12.8. The Balaban J connectivity index is 3.48. The molecule has 78 valence electrons. The highest BCUT2D eigenvalue weighted by Crippen LogP contribution is 2.11. The third kappa shape index (κ3) is 6.76. The average molecular weight is 186 g/mol. The van der Waals surface area contributed by atoms with Gasteiger partial charge in [-0.15, -0.1) is 0 Å². The molecule has 0 bridgehead atoms. The Morgan fingerprint density at radius 2 is 2.00 bits per heavy atom. The number of aliphatic hydroxyl groups is 1. The van der Waals surface area contributed by atoms with Crippen molar-refractivity contribution in [1.82, 2.24) is 0 Å². The molecule has 0 fully saturated rings. The molecule has 0 aliphatic heterocycles. The highest BCUT2D eigenvalue weighted by atomic mass is 16.3. The molecule has 0 aromatic carbocycles.